The van der Waals surface area contributed by atoms with Crippen molar-refractivity contribution in [2.24, 2.45) is 0 Å². The molecule has 0 aliphatic rings. The Morgan fingerprint density at radius 2 is 1.83 bits per heavy atom. The Hall–Kier alpha value is -4.00. The van der Waals surface area contributed by atoms with Gasteiger partial charge < -0.3 is 9.84 Å². The van der Waals surface area contributed by atoms with Crippen molar-refractivity contribution in [3.05, 3.63) is 88.2 Å². The molecule has 4 rings (SSSR count). The zero-order valence-electron chi connectivity index (χ0n) is 16.6. The van der Waals surface area contributed by atoms with Crippen molar-refractivity contribution in [1.82, 2.24) is 14.7 Å². The molecule has 0 atom stereocenters. The third kappa shape index (κ3) is 4.05. The number of hydrogen-bond acceptors (Lipinski definition) is 5. The number of pyridine rings is 1. The van der Waals surface area contributed by atoms with Gasteiger partial charge in [-0.1, -0.05) is 53.7 Å². The molecule has 1 amide bonds. The third-order valence-corrected chi connectivity index (χ3v) is 4.70. The monoisotopic (exact) mass is 400 g/mol. The summed E-state index contributed by atoms with van der Waals surface area (Å²) < 4.78 is 6.71. The number of aryl methyl sites for hydroxylation is 2. The molecule has 0 saturated carbocycles. The SMILES string of the molecule is Cc1ccc(C)c(NC(=O)Cn2c(-c3nc(-c4ccccc4)no3)cccc2=O)c1. The van der Waals surface area contributed by atoms with Crippen molar-refractivity contribution >= 4 is 11.6 Å². The van der Waals surface area contributed by atoms with Gasteiger partial charge in [-0.2, -0.15) is 4.98 Å². The van der Waals surface area contributed by atoms with Crippen LogP contribution in [0.25, 0.3) is 23.0 Å². The quantitative estimate of drug-likeness (QED) is 0.550. The average molecular weight is 400 g/mol. The van der Waals surface area contributed by atoms with Crippen molar-refractivity contribution in [1.29, 1.82) is 0 Å². The fourth-order valence-corrected chi connectivity index (χ4v) is 3.11. The van der Waals surface area contributed by atoms with E-state index >= 15 is 0 Å². The Morgan fingerprint density at radius 3 is 2.63 bits per heavy atom. The number of nitrogens with zero attached hydrogens (tertiary/aromatic N) is 3. The first kappa shape index (κ1) is 19.3. The van der Waals surface area contributed by atoms with Crippen LogP contribution in [-0.4, -0.2) is 20.6 Å². The summed E-state index contributed by atoms with van der Waals surface area (Å²) in [5, 5.41) is 6.87. The molecule has 7 nitrogen and oxygen atoms in total. The lowest BCUT2D eigenvalue weighted by Gasteiger charge is -2.12. The molecule has 2 heterocycles. The minimum Gasteiger partial charge on any atom is -0.332 e. The minimum atomic E-state index is -0.330. The summed E-state index contributed by atoms with van der Waals surface area (Å²) in [6.07, 6.45) is 0. The molecule has 30 heavy (non-hydrogen) atoms. The molecule has 0 spiro atoms. The molecule has 0 radical (unpaired) electrons. The van der Waals surface area contributed by atoms with Crippen LogP contribution in [0.2, 0.25) is 0 Å². The smallest absolute Gasteiger partial charge is 0.274 e. The van der Waals surface area contributed by atoms with E-state index in [0.29, 0.717) is 11.5 Å². The summed E-state index contributed by atoms with van der Waals surface area (Å²) in [5.74, 6) is 0.264. The number of benzene rings is 2. The highest BCUT2D eigenvalue weighted by atomic mass is 16.5. The average Bonchev–Trinajstić information content (AvgIpc) is 3.23. The molecule has 0 bridgehead atoms. The second-order valence-corrected chi connectivity index (χ2v) is 6.99. The molecule has 150 valence electrons. The van der Waals surface area contributed by atoms with Gasteiger partial charge in [0, 0.05) is 17.3 Å². The Bertz CT molecular complexity index is 1260. The van der Waals surface area contributed by atoms with Gasteiger partial charge in [0.05, 0.1) is 0 Å². The minimum absolute atomic E-state index is 0.172. The number of rotatable bonds is 5. The van der Waals surface area contributed by atoms with E-state index in [2.05, 4.69) is 15.5 Å². The first-order valence-corrected chi connectivity index (χ1v) is 9.48. The molecule has 7 heteroatoms. The molecule has 0 aliphatic carbocycles. The van der Waals surface area contributed by atoms with Gasteiger partial charge >= 0.3 is 0 Å². The van der Waals surface area contributed by atoms with E-state index in [-0.39, 0.29) is 23.9 Å². The largest absolute Gasteiger partial charge is 0.332 e. The predicted octanol–water partition coefficient (Wildman–Crippen LogP) is 3.82. The normalized spacial score (nSPS) is 10.7. The lowest BCUT2D eigenvalue weighted by atomic mass is 10.1. The van der Waals surface area contributed by atoms with E-state index in [1.165, 1.54) is 10.6 Å². The van der Waals surface area contributed by atoms with Crippen molar-refractivity contribution < 1.29 is 9.32 Å². The third-order valence-electron chi connectivity index (χ3n) is 4.70. The van der Waals surface area contributed by atoms with Crippen LogP contribution in [0, 0.1) is 13.8 Å². The van der Waals surface area contributed by atoms with Gasteiger partial charge in [-0.05, 0) is 37.1 Å². The van der Waals surface area contributed by atoms with E-state index in [4.69, 9.17) is 4.52 Å². The molecule has 2 aromatic heterocycles. The topological polar surface area (TPSA) is 90.0 Å². The van der Waals surface area contributed by atoms with Gasteiger partial charge in [-0.15, -0.1) is 0 Å². The van der Waals surface area contributed by atoms with Gasteiger partial charge in [0.15, 0.2) is 0 Å². The maximum atomic E-state index is 12.7. The molecule has 2 aromatic carbocycles. The molecular weight excluding hydrogens is 380 g/mol. The molecule has 0 saturated heterocycles. The van der Waals surface area contributed by atoms with E-state index in [9.17, 15) is 9.59 Å². The second-order valence-electron chi connectivity index (χ2n) is 6.99. The Morgan fingerprint density at radius 1 is 1.03 bits per heavy atom. The van der Waals surface area contributed by atoms with Crippen LogP contribution in [0.1, 0.15) is 11.1 Å². The van der Waals surface area contributed by atoms with Gasteiger partial charge in [-0.3, -0.25) is 14.2 Å². The number of aromatic nitrogens is 3. The molecule has 0 unspecified atom stereocenters. The highest BCUT2D eigenvalue weighted by Crippen LogP contribution is 2.21. The fraction of sp³-hybridized carbons (Fsp3) is 0.130. The number of carbonyl (C=O) groups is 1. The molecule has 1 N–H and O–H groups in total. The lowest BCUT2D eigenvalue weighted by molar-refractivity contribution is -0.116. The Kier molecular flexibility index (Phi) is 5.26. The highest BCUT2D eigenvalue weighted by Gasteiger charge is 2.17. The maximum Gasteiger partial charge on any atom is 0.274 e. The maximum absolute atomic E-state index is 12.7. The zero-order valence-corrected chi connectivity index (χ0v) is 16.6. The van der Waals surface area contributed by atoms with E-state index < -0.39 is 0 Å². The van der Waals surface area contributed by atoms with Crippen LogP contribution in [0.3, 0.4) is 0 Å². The highest BCUT2D eigenvalue weighted by molar-refractivity contribution is 5.91. The van der Waals surface area contributed by atoms with E-state index in [0.717, 1.165) is 22.4 Å². The molecule has 0 fully saturated rings. The van der Waals surface area contributed by atoms with Crippen molar-refractivity contribution in [3.8, 4) is 23.0 Å². The van der Waals surface area contributed by atoms with Gasteiger partial charge in [-0.25, -0.2) is 0 Å². The standard InChI is InChI=1S/C23H20N4O3/c1-15-11-12-16(2)18(13-15)24-20(28)14-27-19(9-6-10-21(27)29)23-25-22(26-30-23)17-7-4-3-5-8-17/h3-13H,14H2,1-2H3,(H,24,28). The molecular formula is C23H20N4O3. The first-order chi connectivity index (χ1) is 14.5. The number of amides is 1. The number of hydrogen-bond donors (Lipinski definition) is 1. The van der Waals surface area contributed by atoms with Crippen molar-refractivity contribution in [2.75, 3.05) is 5.32 Å². The summed E-state index contributed by atoms with van der Waals surface area (Å²) >= 11 is 0. The fourth-order valence-electron chi connectivity index (χ4n) is 3.11. The van der Waals surface area contributed by atoms with Crippen LogP contribution in [-0.2, 0) is 11.3 Å². The van der Waals surface area contributed by atoms with Gasteiger partial charge in [0.25, 0.3) is 11.4 Å². The summed E-state index contributed by atoms with van der Waals surface area (Å²) in [5.41, 5.74) is 3.54. The van der Waals surface area contributed by atoms with Crippen LogP contribution in [0.4, 0.5) is 5.69 Å². The first-order valence-electron chi connectivity index (χ1n) is 9.48. The van der Waals surface area contributed by atoms with Gasteiger partial charge in [0.2, 0.25) is 11.7 Å². The van der Waals surface area contributed by atoms with E-state index in [1.807, 2.05) is 62.4 Å². The zero-order chi connectivity index (χ0) is 21.1. The van der Waals surface area contributed by atoms with Crippen molar-refractivity contribution in [2.45, 2.75) is 20.4 Å². The lowest BCUT2D eigenvalue weighted by Crippen LogP contribution is -2.28. The van der Waals surface area contributed by atoms with E-state index in [1.54, 1.807) is 12.1 Å². The molecule has 4 aromatic rings. The Balaban J connectivity index is 1.62. The summed E-state index contributed by atoms with van der Waals surface area (Å²) in [4.78, 5) is 29.6. The van der Waals surface area contributed by atoms with Crippen LogP contribution < -0.4 is 10.9 Å². The summed E-state index contributed by atoms with van der Waals surface area (Å²) in [7, 11) is 0. The predicted molar refractivity (Wildman–Crippen MR) is 114 cm³/mol. The number of nitrogens with one attached hydrogen (secondary N) is 1. The van der Waals surface area contributed by atoms with Crippen molar-refractivity contribution in [3.63, 3.8) is 0 Å². The summed E-state index contributed by atoms with van der Waals surface area (Å²) in [6.45, 7) is 3.69. The van der Waals surface area contributed by atoms with Crippen LogP contribution in [0.15, 0.2) is 76.0 Å². The second kappa shape index (κ2) is 8.16. The molecule has 0 aliphatic heterocycles. The van der Waals surface area contributed by atoms with Crippen LogP contribution >= 0.6 is 0 Å². The number of carbonyl (C=O) groups excluding carboxylic acids is 1. The van der Waals surface area contributed by atoms with Crippen LogP contribution in [0.5, 0.6) is 0 Å². The number of anilines is 1. The van der Waals surface area contributed by atoms with Gasteiger partial charge in [0.1, 0.15) is 12.2 Å². The Labute approximate surface area is 173 Å². The summed E-state index contributed by atoms with van der Waals surface area (Å²) in [6, 6.07) is 19.9.